The quantitative estimate of drug-likeness (QED) is 0.569. The monoisotopic (exact) mass is 250 g/mol. The van der Waals surface area contributed by atoms with Gasteiger partial charge in [0.1, 0.15) is 0 Å². The molecule has 2 nitrogen and oxygen atoms in total. The van der Waals surface area contributed by atoms with Crippen molar-refractivity contribution in [2.24, 2.45) is 0 Å². The predicted octanol–water partition coefficient (Wildman–Crippen LogP) is 3.77. The molecule has 0 fully saturated rings. The van der Waals surface area contributed by atoms with E-state index in [0.29, 0.717) is 17.4 Å². The van der Waals surface area contributed by atoms with Gasteiger partial charge in [0.2, 0.25) is 0 Å². The SMILES string of the molecule is COC(=O)c1ccc2cc3c(cc2c1)C1C=CC3C1. The maximum Gasteiger partial charge on any atom is 0.337 e. The molecule has 0 radical (unpaired) electrons. The zero-order valence-corrected chi connectivity index (χ0v) is 10.7. The van der Waals surface area contributed by atoms with E-state index < -0.39 is 0 Å². The molecule has 0 amide bonds. The Balaban J connectivity index is 1.90. The van der Waals surface area contributed by atoms with Gasteiger partial charge in [0.05, 0.1) is 12.7 Å². The maximum absolute atomic E-state index is 11.6. The first-order valence-electron chi connectivity index (χ1n) is 6.60. The van der Waals surface area contributed by atoms with E-state index in [9.17, 15) is 4.79 Å². The minimum absolute atomic E-state index is 0.274. The number of carbonyl (C=O) groups excluding carboxylic acids is 1. The zero-order valence-electron chi connectivity index (χ0n) is 10.7. The number of methoxy groups -OCH3 is 1. The lowest BCUT2D eigenvalue weighted by molar-refractivity contribution is 0.0601. The molecule has 2 unspecified atom stereocenters. The summed E-state index contributed by atoms with van der Waals surface area (Å²) in [7, 11) is 1.42. The van der Waals surface area contributed by atoms with E-state index >= 15 is 0 Å². The average molecular weight is 250 g/mol. The summed E-state index contributed by atoms with van der Waals surface area (Å²) >= 11 is 0. The highest BCUT2D eigenvalue weighted by Gasteiger charge is 2.32. The lowest BCUT2D eigenvalue weighted by Crippen LogP contribution is -2.01. The first-order valence-corrected chi connectivity index (χ1v) is 6.60. The zero-order chi connectivity index (χ0) is 13.0. The summed E-state index contributed by atoms with van der Waals surface area (Å²) < 4.78 is 4.78. The third-order valence-electron chi connectivity index (χ3n) is 4.35. The molecule has 2 aromatic carbocycles. The van der Waals surface area contributed by atoms with Gasteiger partial charge in [-0.3, -0.25) is 0 Å². The van der Waals surface area contributed by atoms with Gasteiger partial charge in [-0.1, -0.05) is 30.4 Å². The molecule has 2 aliphatic carbocycles. The van der Waals surface area contributed by atoms with Crippen molar-refractivity contribution in [1.29, 1.82) is 0 Å². The summed E-state index contributed by atoms with van der Waals surface area (Å²) in [5.41, 5.74) is 3.52. The predicted molar refractivity (Wildman–Crippen MR) is 74.5 cm³/mol. The van der Waals surface area contributed by atoms with Gasteiger partial charge in [-0.15, -0.1) is 0 Å². The summed E-state index contributed by atoms with van der Waals surface area (Å²) in [6, 6.07) is 10.3. The van der Waals surface area contributed by atoms with Gasteiger partial charge >= 0.3 is 5.97 Å². The lowest BCUT2D eigenvalue weighted by Gasteiger charge is -2.12. The molecule has 2 bridgehead atoms. The number of hydrogen-bond donors (Lipinski definition) is 0. The average Bonchev–Trinajstić information content (AvgIpc) is 3.05. The molecule has 0 heterocycles. The molecular weight excluding hydrogens is 236 g/mol. The van der Waals surface area contributed by atoms with Crippen LogP contribution in [-0.2, 0) is 4.74 Å². The Morgan fingerprint density at radius 3 is 2.42 bits per heavy atom. The number of benzene rings is 2. The Labute approximate surface area is 111 Å². The van der Waals surface area contributed by atoms with Gasteiger partial charge in [-0.05, 0) is 40.5 Å². The third-order valence-corrected chi connectivity index (χ3v) is 4.35. The Morgan fingerprint density at radius 1 is 1.05 bits per heavy atom. The standard InChI is InChI=1S/C17H14O2/c1-19-17(18)13-5-2-10-8-15-11-3-4-12(6-11)16(15)9-14(10)7-13/h2-5,7-9,11-12H,6H2,1H3. The number of carbonyl (C=O) groups is 1. The molecule has 0 spiro atoms. The Kier molecular flexibility index (Phi) is 2.10. The molecule has 2 aliphatic rings. The van der Waals surface area contributed by atoms with E-state index in [1.807, 2.05) is 18.2 Å². The summed E-state index contributed by atoms with van der Waals surface area (Å²) in [6.45, 7) is 0. The minimum atomic E-state index is -0.274. The molecule has 0 aromatic heterocycles. The number of allylic oxidation sites excluding steroid dienone is 2. The fourth-order valence-corrected chi connectivity index (χ4v) is 3.38. The van der Waals surface area contributed by atoms with Crippen LogP contribution in [0.4, 0.5) is 0 Å². The molecule has 0 aliphatic heterocycles. The van der Waals surface area contributed by atoms with Crippen LogP contribution in [0.15, 0.2) is 42.5 Å². The second-order valence-electron chi connectivity index (χ2n) is 5.37. The first-order chi connectivity index (χ1) is 9.26. The molecule has 19 heavy (non-hydrogen) atoms. The maximum atomic E-state index is 11.6. The topological polar surface area (TPSA) is 26.3 Å². The second-order valence-corrected chi connectivity index (χ2v) is 5.37. The molecular formula is C17H14O2. The van der Waals surface area contributed by atoms with Crippen LogP contribution >= 0.6 is 0 Å². The molecule has 0 saturated carbocycles. The van der Waals surface area contributed by atoms with E-state index in [0.717, 1.165) is 5.39 Å². The fraction of sp³-hybridized carbons (Fsp3) is 0.235. The van der Waals surface area contributed by atoms with Gasteiger partial charge in [-0.25, -0.2) is 4.79 Å². The molecule has 4 rings (SSSR count). The van der Waals surface area contributed by atoms with Gasteiger partial charge < -0.3 is 4.74 Å². The van der Waals surface area contributed by atoms with Crippen LogP contribution in [0.1, 0.15) is 39.7 Å². The third kappa shape index (κ3) is 1.46. The second kappa shape index (κ2) is 3.70. The van der Waals surface area contributed by atoms with E-state index in [2.05, 4.69) is 24.3 Å². The van der Waals surface area contributed by atoms with Gasteiger partial charge in [0, 0.05) is 11.8 Å². The highest BCUT2D eigenvalue weighted by molar-refractivity contribution is 5.96. The number of rotatable bonds is 1. The molecule has 0 saturated heterocycles. The van der Waals surface area contributed by atoms with Crippen molar-refractivity contribution in [3.8, 4) is 0 Å². The van der Waals surface area contributed by atoms with Crippen molar-refractivity contribution in [3.05, 3.63) is 59.2 Å². The van der Waals surface area contributed by atoms with Crippen LogP contribution in [0.5, 0.6) is 0 Å². The highest BCUT2D eigenvalue weighted by atomic mass is 16.5. The Hall–Kier alpha value is -2.09. The number of hydrogen-bond acceptors (Lipinski definition) is 2. The molecule has 2 aromatic rings. The van der Waals surface area contributed by atoms with Gasteiger partial charge in [-0.2, -0.15) is 0 Å². The first kappa shape index (κ1) is 10.8. The lowest BCUT2D eigenvalue weighted by atomic mass is 9.93. The summed E-state index contributed by atoms with van der Waals surface area (Å²) in [5.74, 6) is 0.902. The van der Waals surface area contributed by atoms with Crippen molar-refractivity contribution in [1.82, 2.24) is 0 Å². The van der Waals surface area contributed by atoms with Crippen LogP contribution in [0.2, 0.25) is 0 Å². The Morgan fingerprint density at radius 2 is 1.74 bits per heavy atom. The van der Waals surface area contributed by atoms with Crippen molar-refractivity contribution in [3.63, 3.8) is 0 Å². The van der Waals surface area contributed by atoms with E-state index in [1.54, 1.807) is 0 Å². The largest absolute Gasteiger partial charge is 0.465 e. The normalized spacial score (nSPS) is 22.8. The fourth-order valence-electron chi connectivity index (χ4n) is 3.38. The molecule has 2 heteroatoms. The van der Waals surface area contributed by atoms with Crippen molar-refractivity contribution < 1.29 is 9.53 Å². The summed E-state index contributed by atoms with van der Waals surface area (Å²) in [4.78, 5) is 11.6. The molecule has 94 valence electrons. The smallest absolute Gasteiger partial charge is 0.337 e. The van der Waals surface area contributed by atoms with E-state index in [4.69, 9.17) is 4.74 Å². The van der Waals surface area contributed by atoms with Crippen LogP contribution in [0, 0.1) is 0 Å². The van der Waals surface area contributed by atoms with E-state index in [1.165, 1.54) is 30.0 Å². The van der Waals surface area contributed by atoms with Gasteiger partial charge in [0.15, 0.2) is 0 Å². The van der Waals surface area contributed by atoms with Crippen molar-refractivity contribution in [2.45, 2.75) is 18.3 Å². The molecule has 2 atom stereocenters. The van der Waals surface area contributed by atoms with Gasteiger partial charge in [0.25, 0.3) is 0 Å². The van der Waals surface area contributed by atoms with E-state index in [-0.39, 0.29) is 5.97 Å². The number of fused-ring (bicyclic) bond motifs is 6. The Bertz CT molecular complexity index is 727. The number of esters is 1. The minimum Gasteiger partial charge on any atom is -0.465 e. The van der Waals surface area contributed by atoms with Crippen LogP contribution in [-0.4, -0.2) is 13.1 Å². The van der Waals surface area contributed by atoms with Crippen molar-refractivity contribution in [2.75, 3.05) is 7.11 Å². The summed E-state index contributed by atoms with van der Waals surface area (Å²) in [5, 5.41) is 2.33. The van der Waals surface area contributed by atoms with Crippen molar-refractivity contribution >= 4 is 16.7 Å². The number of ether oxygens (including phenoxy) is 1. The highest BCUT2D eigenvalue weighted by Crippen LogP contribution is 2.49. The van der Waals surface area contributed by atoms with Crippen LogP contribution in [0.25, 0.3) is 10.8 Å². The molecule has 0 N–H and O–H groups in total. The van der Waals surface area contributed by atoms with Crippen LogP contribution in [0.3, 0.4) is 0 Å². The summed E-state index contributed by atoms with van der Waals surface area (Å²) in [6.07, 6.45) is 5.85. The van der Waals surface area contributed by atoms with Crippen LogP contribution < -0.4 is 0 Å².